The Balaban J connectivity index is 0.797. The first-order valence-corrected chi connectivity index (χ1v) is 25.3. The van der Waals surface area contributed by atoms with Crippen LogP contribution in [0, 0.1) is 0 Å². The van der Waals surface area contributed by atoms with Gasteiger partial charge in [-0.1, -0.05) is 206 Å². The largest absolute Gasteiger partial charge is 0.343 e. The Labute approximate surface area is 433 Å². The van der Waals surface area contributed by atoms with Gasteiger partial charge < -0.3 is 18.9 Å². The smallest absolute Gasteiger partial charge is 0.0562 e. The van der Waals surface area contributed by atoms with Gasteiger partial charge in [0, 0.05) is 81.2 Å². The number of rotatable bonds is 13. The Morgan fingerprint density at radius 1 is 0.257 bits per heavy atom. The second-order valence-electron chi connectivity index (χ2n) is 18.7. The number of hydrogen-bond acceptors (Lipinski definition) is 2. The van der Waals surface area contributed by atoms with Crippen LogP contribution < -0.4 is 9.80 Å². The number of aromatic nitrogens is 2. The summed E-state index contributed by atoms with van der Waals surface area (Å²) < 4.78 is 4.61. The Hall–Kier alpha value is -9.64. The summed E-state index contributed by atoms with van der Waals surface area (Å²) in [6.45, 7) is 0. The lowest BCUT2D eigenvalue weighted by molar-refractivity contribution is 0.977. The number of benzene rings is 10. The lowest BCUT2D eigenvalue weighted by Gasteiger charge is -2.26. The molecule has 4 heteroatoms. The van der Waals surface area contributed by atoms with Gasteiger partial charge in [-0.25, -0.2) is 0 Å². The van der Waals surface area contributed by atoms with Crippen molar-refractivity contribution < 1.29 is 0 Å². The molecule has 0 spiro atoms. The minimum Gasteiger partial charge on any atom is -0.343 e. The molecule has 74 heavy (non-hydrogen) atoms. The number of aryl methyl sites for hydroxylation is 2. The molecule has 354 valence electrons. The molecule has 0 aliphatic carbocycles. The van der Waals surface area contributed by atoms with Crippen molar-refractivity contribution in [1.82, 2.24) is 9.13 Å². The molecule has 0 N–H and O–H groups in total. The van der Waals surface area contributed by atoms with E-state index in [9.17, 15) is 0 Å². The second kappa shape index (κ2) is 20.2. The van der Waals surface area contributed by atoms with Crippen LogP contribution >= 0.6 is 0 Å². The van der Waals surface area contributed by atoms with Crippen LogP contribution in [0.1, 0.15) is 22.3 Å². The third-order valence-corrected chi connectivity index (χ3v) is 14.2. The van der Waals surface area contributed by atoms with E-state index in [1.54, 1.807) is 0 Å². The first-order valence-electron chi connectivity index (χ1n) is 25.3. The Morgan fingerprint density at radius 2 is 0.541 bits per heavy atom. The van der Waals surface area contributed by atoms with Crippen LogP contribution in [0.4, 0.5) is 34.1 Å². The lowest BCUT2D eigenvalue weighted by Crippen LogP contribution is -2.10. The van der Waals surface area contributed by atoms with E-state index in [1.165, 1.54) is 55.4 Å². The monoisotopic (exact) mass is 950 g/mol. The molecule has 2 heterocycles. The maximum Gasteiger partial charge on any atom is 0.0562 e. The molecule has 0 atom stereocenters. The Kier molecular flexibility index (Phi) is 12.4. The van der Waals surface area contributed by atoms with Crippen LogP contribution in [0.2, 0.25) is 0 Å². The highest BCUT2D eigenvalue weighted by Gasteiger charge is 2.18. The molecule has 0 aliphatic rings. The van der Waals surface area contributed by atoms with E-state index in [1.807, 2.05) is 0 Å². The summed E-state index contributed by atoms with van der Waals surface area (Å²) in [7, 11) is 4.32. The summed E-state index contributed by atoms with van der Waals surface area (Å²) in [6.07, 6.45) is 9.00. The second-order valence-corrected chi connectivity index (χ2v) is 18.7. The summed E-state index contributed by atoms with van der Waals surface area (Å²) >= 11 is 0. The van der Waals surface area contributed by atoms with E-state index in [0.717, 1.165) is 56.4 Å². The molecule has 4 nitrogen and oxygen atoms in total. The number of anilines is 6. The van der Waals surface area contributed by atoms with Gasteiger partial charge in [0.1, 0.15) is 0 Å². The number of nitrogens with zero attached hydrogens (tertiary/aromatic N) is 4. The maximum absolute atomic E-state index is 2.32. The predicted molar refractivity (Wildman–Crippen MR) is 316 cm³/mol. The zero-order chi connectivity index (χ0) is 49.8. The van der Waals surface area contributed by atoms with Crippen LogP contribution in [-0.4, -0.2) is 9.13 Å². The van der Waals surface area contributed by atoms with Crippen molar-refractivity contribution in [2.75, 3.05) is 9.80 Å². The van der Waals surface area contributed by atoms with E-state index < -0.39 is 0 Å². The molecular weight excluding hydrogens is 897 g/mol. The third-order valence-electron chi connectivity index (χ3n) is 14.2. The van der Waals surface area contributed by atoms with Crippen molar-refractivity contribution in [2.24, 2.45) is 14.1 Å². The molecule has 0 saturated heterocycles. The fourth-order valence-corrected chi connectivity index (χ4v) is 10.6. The fourth-order valence-electron chi connectivity index (χ4n) is 10.6. The minimum atomic E-state index is 1.09. The van der Waals surface area contributed by atoms with Gasteiger partial charge in [0.25, 0.3) is 0 Å². The van der Waals surface area contributed by atoms with Gasteiger partial charge in [0.05, 0.1) is 11.4 Å². The van der Waals surface area contributed by atoms with E-state index in [4.69, 9.17) is 0 Å². The standard InChI is InChI=1S/C70H54N4/c1-71-67-29-17-15-27-63(67)65(69(71)55-19-7-3-8-20-55)49-35-51-31-41-59(42-32-51)73(57-23-11-5-12-24-57)61-45-37-53(38-46-61)54-39-47-62(48-40-54)74(58-25-13-6-14-26-58)60-43-33-52(34-44-60)36-50-66-64-28-16-18-30-68(64)72(2)70(66)56-21-9-4-10-22-56/h3-50H,1-2H3/b49-35+,50-36+. The predicted octanol–water partition coefficient (Wildman–Crippen LogP) is 19.0. The minimum absolute atomic E-state index is 1.09. The normalized spacial score (nSPS) is 11.5. The van der Waals surface area contributed by atoms with Crippen LogP contribution in [0.15, 0.2) is 267 Å². The molecule has 12 rings (SSSR count). The van der Waals surface area contributed by atoms with Crippen molar-refractivity contribution >= 4 is 80.2 Å². The van der Waals surface area contributed by atoms with Gasteiger partial charge in [-0.05, 0) is 118 Å². The molecule has 0 radical (unpaired) electrons. The van der Waals surface area contributed by atoms with Crippen molar-refractivity contribution in [3.63, 3.8) is 0 Å². The summed E-state index contributed by atoms with van der Waals surface area (Å²) in [5.41, 5.74) is 20.9. The van der Waals surface area contributed by atoms with E-state index in [0.29, 0.717) is 0 Å². The quantitative estimate of drug-likeness (QED) is 0.114. The van der Waals surface area contributed by atoms with Gasteiger partial charge in [-0.2, -0.15) is 0 Å². The van der Waals surface area contributed by atoms with Gasteiger partial charge in [0.15, 0.2) is 0 Å². The SMILES string of the molecule is Cn1c(-c2ccccc2)c(/C=C/c2ccc(N(c3ccccc3)c3ccc(-c4ccc(N(c5ccccc5)c5ccc(/C=C/c6c(-c7ccccc7)n(C)c7ccccc67)cc5)cc4)cc3)cc2)c2ccccc21. The van der Waals surface area contributed by atoms with Crippen molar-refractivity contribution in [2.45, 2.75) is 0 Å². The van der Waals surface area contributed by atoms with Crippen LogP contribution in [0.5, 0.6) is 0 Å². The molecular formula is C70H54N4. The topological polar surface area (TPSA) is 16.3 Å². The molecule has 0 bridgehead atoms. The van der Waals surface area contributed by atoms with Gasteiger partial charge in [0.2, 0.25) is 0 Å². The summed E-state index contributed by atoms with van der Waals surface area (Å²) in [5.74, 6) is 0. The zero-order valence-corrected chi connectivity index (χ0v) is 41.5. The summed E-state index contributed by atoms with van der Waals surface area (Å²) in [4.78, 5) is 4.64. The average molecular weight is 951 g/mol. The molecule has 0 unspecified atom stereocenters. The maximum atomic E-state index is 2.32. The zero-order valence-electron chi connectivity index (χ0n) is 41.5. The number of para-hydroxylation sites is 4. The van der Waals surface area contributed by atoms with Crippen LogP contribution in [0.3, 0.4) is 0 Å². The van der Waals surface area contributed by atoms with Gasteiger partial charge in [-0.15, -0.1) is 0 Å². The van der Waals surface area contributed by atoms with Crippen LogP contribution in [0.25, 0.3) is 79.8 Å². The van der Waals surface area contributed by atoms with E-state index in [2.05, 4.69) is 324 Å². The number of fused-ring (bicyclic) bond motifs is 2. The third kappa shape index (κ3) is 8.91. The van der Waals surface area contributed by atoms with Gasteiger partial charge in [-0.3, -0.25) is 0 Å². The van der Waals surface area contributed by atoms with E-state index >= 15 is 0 Å². The molecule has 0 amide bonds. The molecule has 2 aromatic heterocycles. The van der Waals surface area contributed by atoms with Crippen molar-refractivity contribution in [3.05, 3.63) is 289 Å². The first kappa shape index (κ1) is 45.5. The van der Waals surface area contributed by atoms with E-state index in [-0.39, 0.29) is 0 Å². The molecule has 12 aromatic rings. The first-order chi connectivity index (χ1) is 36.6. The van der Waals surface area contributed by atoms with Crippen LogP contribution in [-0.2, 0) is 14.1 Å². The highest BCUT2D eigenvalue weighted by molar-refractivity contribution is 6.01. The number of hydrogen-bond donors (Lipinski definition) is 0. The lowest BCUT2D eigenvalue weighted by atomic mass is 10.0. The van der Waals surface area contributed by atoms with Gasteiger partial charge >= 0.3 is 0 Å². The molecule has 0 saturated carbocycles. The average Bonchev–Trinajstić information content (AvgIpc) is 3.93. The Morgan fingerprint density at radius 3 is 0.892 bits per heavy atom. The van der Waals surface area contributed by atoms with Crippen molar-refractivity contribution in [1.29, 1.82) is 0 Å². The Bertz CT molecular complexity index is 3650. The highest BCUT2D eigenvalue weighted by Crippen LogP contribution is 2.40. The fraction of sp³-hybridized carbons (Fsp3) is 0.0286. The summed E-state index contributed by atoms with van der Waals surface area (Å²) in [5, 5.41) is 2.49. The highest BCUT2D eigenvalue weighted by atomic mass is 15.1. The molecule has 10 aromatic carbocycles. The molecule has 0 fully saturated rings. The molecule has 0 aliphatic heterocycles. The van der Waals surface area contributed by atoms with Crippen molar-refractivity contribution in [3.8, 4) is 33.6 Å². The summed E-state index contributed by atoms with van der Waals surface area (Å²) in [6, 6.07) is 95.4.